The van der Waals surface area contributed by atoms with Crippen molar-refractivity contribution in [1.82, 2.24) is 14.7 Å². The number of fused-ring (bicyclic) bond motifs is 1. The second-order valence-corrected chi connectivity index (χ2v) is 7.36. The van der Waals surface area contributed by atoms with Crippen LogP contribution in [0, 0.1) is 17.7 Å². The molecule has 0 unspecified atom stereocenters. The summed E-state index contributed by atoms with van der Waals surface area (Å²) < 4.78 is 43.5. The molecule has 7 nitrogen and oxygen atoms in total. The van der Waals surface area contributed by atoms with E-state index in [1.54, 1.807) is 0 Å². The summed E-state index contributed by atoms with van der Waals surface area (Å²) in [5, 5.41) is 0. The van der Waals surface area contributed by atoms with E-state index in [1.165, 1.54) is 0 Å². The number of nitrogens with zero attached hydrogens (tertiary/aromatic N) is 3. The Morgan fingerprint density at radius 1 is 1.43 bits per heavy atom. The molecular formula is C12H17FN4O3S. The molecule has 3 atom stereocenters. The van der Waals surface area contributed by atoms with Gasteiger partial charge in [-0.1, -0.05) is 0 Å². The van der Waals surface area contributed by atoms with Crippen molar-refractivity contribution < 1.29 is 17.5 Å². The van der Waals surface area contributed by atoms with Gasteiger partial charge in [-0.05, 0) is 0 Å². The SMILES string of the molecule is CS(=O)(=O)NC[C@@H]1CO[C@H]2CN(c3ncc(F)cn3)C[C@@H]12. The average molecular weight is 316 g/mol. The van der Waals surface area contributed by atoms with Gasteiger partial charge in [-0.25, -0.2) is 27.5 Å². The Morgan fingerprint density at radius 3 is 2.81 bits per heavy atom. The smallest absolute Gasteiger partial charge is 0.225 e. The van der Waals surface area contributed by atoms with Crippen molar-refractivity contribution in [1.29, 1.82) is 0 Å². The quantitative estimate of drug-likeness (QED) is 0.815. The molecule has 3 rings (SSSR count). The lowest BCUT2D eigenvalue weighted by molar-refractivity contribution is 0.111. The third kappa shape index (κ3) is 3.30. The van der Waals surface area contributed by atoms with Gasteiger partial charge in [0, 0.05) is 31.5 Å². The predicted molar refractivity (Wildman–Crippen MR) is 73.8 cm³/mol. The molecule has 1 N–H and O–H groups in total. The van der Waals surface area contributed by atoms with Crippen molar-refractivity contribution in [2.45, 2.75) is 6.10 Å². The minimum atomic E-state index is -3.20. The number of nitrogens with one attached hydrogen (secondary N) is 1. The number of hydrogen-bond acceptors (Lipinski definition) is 6. The maximum Gasteiger partial charge on any atom is 0.225 e. The zero-order valence-electron chi connectivity index (χ0n) is 11.6. The Bertz CT molecular complexity index is 609. The molecule has 116 valence electrons. The van der Waals surface area contributed by atoms with Crippen LogP contribution in [0.1, 0.15) is 0 Å². The highest BCUT2D eigenvalue weighted by Crippen LogP contribution is 2.34. The van der Waals surface area contributed by atoms with Crippen LogP contribution in [-0.2, 0) is 14.8 Å². The van der Waals surface area contributed by atoms with Crippen molar-refractivity contribution in [3.8, 4) is 0 Å². The van der Waals surface area contributed by atoms with E-state index in [0.717, 1.165) is 18.6 Å². The number of anilines is 1. The Morgan fingerprint density at radius 2 is 2.14 bits per heavy atom. The minimum Gasteiger partial charge on any atom is -0.376 e. The van der Waals surface area contributed by atoms with Gasteiger partial charge in [0.15, 0.2) is 5.82 Å². The fourth-order valence-electron chi connectivity index (χ4n) is 2.90. The normalized spacial score (nSPS) is 28.9. The summed E-state index contributed by atoms with van der Waals surface area (Å²) >= 11 is 0. The molecule has 1 aromatic heterocycles. The fourth-order valence-corrected chi connectivity index (χ4v) is 3.42. The Balaban J connectivity index is 1.64. The van der Waals surface area contributed by atoms with E-state index in [0.29, 0.717) is 32.2 Å². The average Bonchev–Trinajstić information content (AvgIpc) is 2.96. The Hall–Kier alpha value is -1.32. The van der Waals surface area contributed by atoms with Gasteiger partial charge in [-0.15, -0.1) is 0 Å². The van der Waals surface area contributed by atoms with Crippen molar-refractivity contribution >= 4 is 16.0 Å². The molecule has 3 heterocycles. The molecule has 9 heteroatoms. The van der Waals surface area contributed by atoms with E-state index < -0.39 is 15.8 Å². The van der Waals surface area contributed by atoms with E-state index in [9.17, 15) is 12.8 Å². The molecule has 1 aromatic rings. The van der Waals surface area contributed by atoms with Crippen molar-refractivity contribution in [2.75, 3.05) is 37.4 Å². The van der Waals surface area contributed by atoms with Crippen LogP contribution >= 0.6 is 0 Å². The molecule has 0 aliphatic carbocycles. The summed E-state index contributed by atoms with van der Waals surface area (Å²) in [4.78, 5) is 9.89. The molecule has 2 saturated heterocycles. The van der Waals surface area contributed by atoms with Crippen molar-refractivity contribution in [3.63, 3.8) is 0 Å². The minimum absolute atomic E-state index is 0.0463. The van der Waals surface area contributed by atoms with Gasteiger partial charge in [0.2, 0.25) is 16.0 Å². The van der Waals surface area contributed by atoms with E-state index >= 15 is 0 Å². The number of aromatic nitrogens is 2. The molecule has 0 amide bonds. The van der Waals surface area contributed by atoms with Gasteiger partial charge in [0.05, 0.1) is 31.4 Å². The van der Waals surface area contributed by atoms with Gasteiger partial charge >= 0.3 is 0 Å². The predicted octanol–water partition coefficient (Wildman–Crippen LogP) is -0.384. The first-order valence-electron chi connectivity index (χ1n) is 6.71. The number of hydrogen-bond donors (Lipinski definition) is 1. The summed E-state index contributed by atoms with van der Waals surface area (Å²) in [5.74, 6) is 0.372. The molecule has 0 radical (unpaired) electrons. The van der Waals surface area contributed by atoms with Crippen LogP contribution in [0.2, 0.25) is 0 Å². The zero-order chi connectivity index (χ0) is 15.0. The van der Waals surface area contributed by atoms with Crippen molar-refractivity contribution in [2.24, 2.45) is 11.8 Å². The maximum absolute atomic E-state index is 12.8. The van der Waals surface area contributed by atoms with Gasteiger partial charge < -0.3 is 9.64 Å². The molecule has 0 saturated carbocycles. The molecule has 0 spiro atoms. The first-order chi connectivity index (χ1) is 9.92. The lowest BCUT2D eigenvalue weighted by Crippen LogP contribution is -2.33. The zero-order valence-corrected chi connectivity index (χ0v) is 12.4. The maximum atomic E-state index is 12.8. The Labute approximate surface area is 122 Å². The second-order valence-electron chi connectivity index (χ2n) is 5.52. The first kappa shape index (κ1) is 14.6. The monoisotopic (exact) mass is 316 g/mol. The van der Waals surface area contributed by atoms with Crippen LogP contribution in [0.15, 0.2) is 12.4 Å². The molecule has 21 heavy (non-hydrogen) atoms. The van der Waals surface area contributed by atoms with E-state index in [4.69, 9.17) is 4.74 Å². The lowest BCUT2D eigenvalue weighted by atomic mass is 9.93. The summed E-state index contributed by atoms with van der Waals surface area (Å²) in [5.41, 5.74) is 0. The van der Waals surface area contributed by atoms with Crippen LogP contribution in [0.4, 0.5) is 10.3 Å². The fraction of sp³-hybridized carbons (Fsp3) is 0.667. The van der Waals surface area contributed by atoms with Crippen LogP contribution in [0.5, 0.6) is 0 Å². The highest BCUT2D eigenvalue weighted by molar-refractivity contribution is 7.88. The van der Waals surface area contributed by atoms with Crippen LogP contribution in [-0.4, -0.2) is 57.0 Å². The first-order valence-corrected chi connectivity index (χ1v) is 8.60. The summed E-state index contributed by atoms with van der Waals surface area (Å²) in [6.07, 6.45) is 3.47. The number of rotatable bonds is 4. The van der Waals surface area contributed by atoms with E-state index in [2.05, 4.69) is 14.7 Å². The highest BCUT2D eigenvalue weighted by atomic mass is 32.2. The molecule has 2 fully saturated rings. The topological polar surface area (TPSA) is 84.4 Å². The number of halogens is 1. The van der Waals surface area contributed by atoms with Crippen LogP contribution in [0.3, 0.4) is 0 Å². The van der Waals surface area contributed by atoms with E-state index in [1.807, 2.05) is 4.90 Å². The van der Waals surface area contributed by atoms with Gasteiger partial charge in [-0.3, -0.25) is 0 Å². The second kappa shape index (κ2) is 5.47. The van der Waals surface area contributed by atoms with Crippen molar-refractivity contribution in [3.05, 3.63) is 18.2 Å². The van der Waals surface area contributed by atoms with E-state index in [-0.39, 0.29) is 17.9 Å². The third-order valence-corrected chi connectivity index (χ3v) is 4.63. The third-order valence-electron chi connectivity index (χ3n) is 3.94. The molecule has 0 aromatic carbocycles. The lowest BCUT2D eigenvalue weighted by Gasteiger charge is -2.19. The summed E-state index contributed by atoms with van der Waals surface area (Å²) in [6, 6.07) is 0. The summed E-state index contributed by atoms with van der Waals surface area (Å²) in [6.45, 7) is 2.26. The molecular weight excluding hydrogens is 299 g/mol. The largest absolute Gasteiger partial charge is 0.376 e. The Kier molecular flexibility index (Phi) is 3.80. The van der Waals surface area contributed by atoms with Gasteiger partial charge in [-0.2, -0.15) is 0 Å². The van der Waals surface area contributed by atoms with Gasteiger partial charge in [0.25, 0.3) is 0 Å². The molecule has 2 aliphatic rings. The van der Waals surface area contributed by atoms with Crippen LogP contribution in [0.25, 0.3) is 0 Å². The number of sulfonamides is 1. The standard InChI is InChI=1S/C12H17FN4O3S/c1-21(18,19)16-2-8-7-20-11-6-17(5-10(8)11)12-14-3-9(13)4-15-12/h3-4,8,10-11,16H,2,5-7H2,1H3/t8-,10+,11+/m1/s1. The summed E-state index contributed by atoms with van der Waals surface area (Å²) in [7, 11) is -3.20. The highest BCUT2D eigenvalue weighted by Gasteiger charge is 2.44. The van der Waals surface area contributed by atoms with Gasteiger partial charge in [0.1, 0.15) is 0 Å². The number of ether oxygens (including phenoxy) is 1. The molecule has 2 aliphatic heterocycles. The molecule has 0 bridgehead atoms. The van der Waals surface area contributed by atoms with Crippen LogP contribution < -0.4 is 9.62 Å².